The second-order valence-corrected chi connectivity index (χ2v) is 7.57. The molecular formula is C19H28. The first kappa shape index (κ1) is 14.4. The van der Waals surface area contributed by atoms with E-state index in [0.29, 0.717) is 16.7 Å². The zero-order valence-corrected chi connectivity index (χ0v) is 12.9. The normalized spacial score (nSPS) is 29.3. The van der Waals surface area contributed by atoms with Crippen molar-refractivity contribution in [1.82, 2.24) is 0 Å². The van der Waals surface area contributed by atoms with Crippen molar-refractivity contribution in [3.63, 3.8) is 0 Å². The van der Waals surface area contributed by atoms with Gasteiger partial charge in [-0.05, 0) is 41.6 Å². The third kappa shape index (κ3) is 3.72. The van der Waals surface area contributed by atoms with Gasteiger partial charge < -0.3 is 0 Å². The summed E-state index contributed by atoms with van der Waals surface area (Å²) in [6, 6.07) is 0. The van der Waals surface area contributed by atoms with Gasteiger partial charge in [0.25, 0.3) is 0 Å². The van der Waals surface area contributed by atoms with Crippen molar-refractivity contribution in [2.45, 2.75) is 53.4 Å². The second-order valence-electron chi connectivity index (χ2n) is 7.57. The highest BCUT2D eigenvalue weighted by atomic mass is 14.4. The fraction of sp³-hybridized carbons (Fsp3) is 0.579. The lowest BCUT2D eigenvalue weighted by molar-refractivity contribution is 0.162. The summed E-state index contributed by atoms with van der Waals surface area (Å²) >= 11 is 0. The van der Waals surface area contributed by atoms with Gasteiger partial charge in [0.05, 0.1) is 0 Å². The Morgan fingerprint density at radius 2 is 1.63 bits per heavy atom. The van der Waals surface area contributed by atoms with Crippen LogP contribution in [0.2, 0.25) is 0 Å². The zero-order valence-electron chi connectivity index (χ0n) is 12.9. The molecule has 0 aromatic heterocycles. The van der Waals surface area contributed by atoms with Crippen molar-refractivity contribution in [2.75, 3.05) is 0 Å². The van der Waals surface area contributed by atoms with E-state index >= 15 is 0 Å². The van der Waals surface area contributed by atoms with Crippen molar-refractivity contribution in [3.8, 4) is 0 Å². The topological polar surface area (TPSA) is 0 Å². The second kappa shape index (κ2) is 5.53. The van der Waals surface area contributed by atoms with Crippen LogP contribution in [0.3, 0.4) is 0 Å². The molecule has 104 valence electrons. The molecule has 2 aliphatic carbocycles. The quantitative estimate of drug-likeness (QED) is 0.517. The highest BCUT2D eigenvalue weighted by molar-refractivity contribution is 5.33. The summed E-state index contributed by atoms with van der Waals surface area (Å²) in [7, 11) is 0. The molecule has 1 saturated carbocycles. The maximum Gasteiger partial charge on any atom is -0.0110 e. The van der Waals surface area contributed by atoms with E-state index in [1.807, 2.05) is 0 Å². The molecule has 19 heavy (non-hydrogen) atoms. The molecule has 0 nitrogen and oxygen atoms in total. The Morgan fingerprint density at radius 3 is 2.42 bits per heavy atom. The zero-order chi connectivity index (χ0) is 13.9. The molecule has 0 heteroatoms. The summed E-state index contributed by atoms with van der Waals surface area (Å²) in [6.45, 7) is 9.78. The standard InChI is InChI=1S/C19H28/c1-18(2)14-10-13-17(19(3,4)15-18)16-11-8-6-5-7-9-12-16/h5-9,11-12,17H,10,13-15H2,1-4H3. The molecule has 1 atom stereocenters. The number of allylic oxidation sites excluding steroid dienone is 8. The first-order valence-corrected chi connectivity index (χ1v) is 7.62. The van der Waals surface area contributed by atoms with Crippen LogP contribution in [0, 0.1) is 16.7 Å². The third-order valence-corrected chi connectivity index (χ3v) is 4.65. The first-order valence-electron chi connectivity index (χ1n) is 7.62. The molecular weight excluding hydrogens is 228 g/mol. The Kier molecular flexibility index (Phi) is 4.18. The lowest BCUT2D eigenvalue weighted by Crippen LogP contribution is -2.28. The number of hydrogen-bond donors (Lipinski definition) is 0. The van der Waals surface area contributed by atoms with Gasteiger partial charge in [0, 0.05) is 0 Å². The van der Waals surface area contributed by atoms with Crippen LogP contribution in [-0.4, -0.2) is 0 Å². The SMILES string of the molecule is CC1(C)CCCC(C2=CC=CC=CC=C2)C(C)(C)C1. The molecule has 0 heterocycles. The van der Waals surface area contributed by atoms with Gasteiger partial charge in [-0.1, -0.05) is 76.6 Å². The van der Waals surface area contributed by atoms with E-state index in [0.717, 1.165) is 0 Å². The fourth-order valence-corrected chi connectivity index (χ4v) is 4.05. The molecule has 0 N–H and O–H groups in total. The van der Waals surface area contributed by atoms with Crippen LogP contribution in [0.5, 0.6) is 0 Å². The van der Waals surface area contributed by atoms with Gasteiger partial charge in [0.1, 0.15) is 0 Å². The fourth-order valence-electron chi connectivity index (χ4n) is 4.05. The van der Waals surface area contributed by atoms with E-state index in [1.54, 1.807) is 0 Å². The molecule has 1 fully saturated rings. The molecule has 0 aliphatic heterocycles. The van der Waals surface area contributed by atoms with Crippen molar-refractivity contribution < 1.29 is 0 Å². The van der Waals surface area contributed by atoms with Crippen molar-refractivity contribution in [3.05, 3.63) is 48.1 Å². The summed E-state index contributed by atoms with van der Waals surface area (Å²) in [5, 5.41) is 0. The van der Waals surface area contributed by atoms with E-state index in [2.05, 4.69) is 70.2 Å². The van der Waals surface area contributed by atoms with Gasteiger partial charge in [-0.15, -0.1) is 0 Å². The van der Waals surface area contributed by atoms with Crippen molar-refractivity contribution in [1.29, 1.82) is 0 Å². The maximum atomic E-state index is 2.46. The number of hydrogen-bond acceptors (Lipinski definition) is 0. The summed E-state index contributed by atoms with van der Waals surface area (Å²) in [4.78, 5) is 0. The summed E-state index contributed by atoms with van der Waals surface area (Å²) in [5.41, 5.74) is 2.37. The van der Waals surface area contributed by atoms with Crippen molar-refractivity contribution >= 4 is 0 Å². The van der Waals surface area contributed by atoms with Crippen molar-refractivity contribution in [2.24, 2.45) is 16.7 Å². The van der Waals surface area contributed by atoms with Gasteiger partial charge in [-0.25, -0.2) is 0 Å². The molecule has 0 spiro atoms. The molecule has 0 amide bonds. The lowest BCUT2D eigenvalue weighted by atomic mass is 9.67. The molecule has 1 unspecified atom stereocenters. The van der Waals surface area contributed by atoms with Gasteiger partial charge >= 0.3 is 0 Å². The predicted molar refractivity (Wildman–Crippen MR) is 85.0 cm³/mol. The van der Waals surface area contributed by atoms with Crippen LogP contribution >= 0.6 is 0 Å². The molecule has 0 saturated heterocycles. The minimum atomic E-state index is 0.382. The van der Waals surface area contributed by atoms with E-state index < -0.39 is 0 Å². The minimum absolute atomic E-state index is 0.382. The highest BCUT2D eigenvalue weighted by Gasteiger charge is 2.38. The van der Waals surface area contributed by atoms with Crippen LogP contribution in [0.25, 0.3) is 0 Å². The van der Waals surface area contributed by atoms with Gasteiger partial charge in [-0.3, -0.25) is 0 Å². The molecule has 0 aromatic rings. The largest absolute Gasteiger partial charge is 0.0623 e. The minimum Gasteiger partial charge on any atom is -0.0623 e. The highest BCUT2D eigenvalue weighted by Crippen LogP contribution is 2.49. The lowest BCUT2D eigenvalue weighted by Gasteiger charge is -2.38. The molecule has 0 radical (unpaired) electrons. The predicted octanol–water partition coefficient (Wildman–Crippen LogP) is 5.84. The Morgan fingerprint density at radius 1 is 0.947 bits per heavy atom. The Bertz CT molecular complexity index is 427. The van der Waals surface area contributed by atoms with Crippen LogP contribution < -0.4 is 0 Å². The average molecular weight is 256 g/mol. The van der Waals surface area contributed by atoms with E-state index in [-0.39, 0.29) is 0 Å². The van der Waals surface area contributed by atoms with Crippen LogP contribution in [0.4, 0.5) is 0 Å². The first-order chi connectivity index (χ1) is 8.91. The monoisotopic (exact) mass is 256 g/mol. The molecule has 0 bridgehead atoms. The van der Waals surface area contributed by atoms with Crippen LogP contribution in [0.1, 0.15) is 53.4 Å². The van der Waals surface area contributed by atoms with Gasteiger partial charge in [0.2, 0.25) is 0 Å². The summed E-state index contributed by atoms with van der Waals surface area (Å²) in [6.07, 6.45) is 20.7. The Hall–Kier alpha value is -1.04. The molecule has 2 aliphatic rings. The van der Waals surface area contributed by atoms with Gasteiger partial charge in [-0.2, -0.15) is 0 Å². The molecule has 2 rings (SSSR count). The van der Waals surface area contributed by atoms with E-state index in [9.17, 15) is 0 Å². The van der Waals surface area contributed by atoms with Gasteiger partial charge in [0.15, 0.2) is 0 Å². The number of rotatable bonds is 1. The van der Waals surface area contributed by atoms with E-state index in [4.69, 9.17) is 0 Å². The third-order valence-electron chi connectivity index (χ3n) is 4.65. The van der Waals surface area contributed by atoms with E-state index in [1.165, 1.54) is 31.3 Å². The smallest absolute Gasteiger partial charge is 0.0110 e. The molecule has 0 aromatic carbocycles. The Balaban J connectivity index is 2.27. The maximum absolute atomic E-state index is 2.46. The van der Waals surface area contributed by atoms with Crippen LogP contribution in [-0.2, 0) is 0 Å². The van der Waals surface area contributed by atoms with Crippen LogP contribution in [0.15, 0.2) is 48.1 Å². The summed E-state index contributed by atoms with van der Waals surface area (Å²) < 4.78 is 0. The average Bonchev–Trinajstić information content (AvgIpc) is 2.33. The summed E-state index contributed by atoms with van der Waals surface area (Å²) in [5.74, 6) is 0.682. The Labute approximate surface area is 119 Å².